The van der Waals surface area contributed by atoms with Crippen molar-refractivity contribution in [2.45, 2.75) is 116 Å². The Kier molecular flexibility index (Phi) is 10.3. The molecule has 1 N–H and O–H groups in total. The van der Waals surface area contributed by atoms with Crippen LogP contribution in [0.15, 0.2) is 39.4 Å². The van der Waals surface area contributed by atoms with Gasteiger partial charge in [-0.3, -0.25) is 5.32 Å². The van der Waals surface area contributed by atoms with Crippen molar-refractivity contribution in [3.63, 3.8) is 0 Å². The van der Waals surface area contributed by atoms with E-state index >= 15 is 0 Å². The van der Waals surface area contributed by atoms with Crippen molar-refractivity contribution in [2.75, 3.05) is 6.54 Å². The molecule has 0 unspecified atom stereocenters. The van der Waals surface area contributed by atoms with Crippen molar-refractivity contribution in [3.05, 3.63) is 46.9 Å². The maximum atomic E-state index is 14.1. The number of ether oxygens (including phenoxy) is 2. The fraction of sp³-hybridized carbons (Fsp3) is 0.594. The summed E-state index contributed by atoms with van der Waals surface area (Å²) in [5.74, 6) is -0.0283. The molecule has 0 bridgehead atoms. The molecule has 1 fully saturated rings. The second-order valence-electron chi connectivity index (χ2n) is 13.3. The summed E-state index contributed by atoms with van der Waals surface area (Å²) in [4.78, 5) is 35.3. The Bertz CT molecular complexity index is 1440. The standard InChI is InChI=1S/C32H42F3N5O5/c1-30(2,3)43-28(41)37-27(38-29(42)44-31(4,5)6)40-18-10-13-24(40)26-36-25(39-45-26)22-17-16-21(23(19-22)32(33,34)35)15-14-20-11-8-7-9-12-20/h11,16-17,19,24H,7-10,12-15,18H2,1-6H3,(H,37,38,41,42)/t24-/m0/s1. The largest absolute Gasteiger partial charge is 0.444 e. The number of amides is 2. The number of carbonyl (C=O) groups is 2. The average Bonchev–Trinajstić information content (AvgIpc) is 3.59. The second-order valence-corrected chi connectivity index (χ2v) is 13.3. The van der Waals surface area contributed by atoms with Crippen molar-refractivity contribution in [1.82, 2.24) is 20.4 Å². The summed E-state index contributed by atoms with van der Waals surface area (Å²) in [6.07, 6.45) is 1.93. The molecule has 2 aromatic rings. The van der Waals surface area contributed by atoms with Gasteiger partial charge < -0.3 is 18.9 Å². The van der Waals surface area contributed by atoms with Crippen LogP contribution in [0.4, 0.5) is 22.8 Å². The molecule has 1 atom stereocenters. The maximum absolute atomic E-state index is 14.1. The number of guanidine groups is 1. The number of benzene rings is 1. The monoisotopic (exact) mass is 633 g/mol. The van der Waals surface area contributed by atoms with Gasteiger partial charge in [-0.2, -0.15) is 18.2 Å². The Morgan fingerprint density at radius 1 is 1.04 bits per heavy atom. The molecule has 45 heavy (non-hydrogen) atoms. The summed E-state index contributed by atoms with van der Waals surface area (Å²) in [5.41, 5.74) is -0.778. The van der Waals surface area contributed by atoms with E-state index in [9.17, 15) is 22.8 Å². The van der Waals surface area contributed by atoms with E-state index < -0.39 is 41.2 Å². The molecule has 1 aromatic heterocycles. The van der Waals surface area contributed by atoms with E-state index in [1.54, 1.807) is 52.5 Å². The number of carbonyl (C=O) groups excluding carboxylic acids is 2. The summed E-state index contributed by atoms with van der Waals surface area (Å²) in [6, 6.07) is 3.49. The number of nitrogens with one attached hydrogen (secondary N) is 1. The van der Waals surface area contributed by atoms with Crippen LogP contribution in [0, 0.1) is 0 Å². The summed E-state index contributed by atoms with van der Waals surface area (Å²) >= 11 is 0. The van der Waals surface area contributed by atoms with Crippen molar-refractivity contribution >= 4 is 18.1 Å². The van der Waals surface area contributed by atoms with E-state index in [-0.39, 0.29) is 28.8 Å². The van der Waals surface area contributed by atoms with Gasteiger partial charge in [-0.15, -0.1) is 4.99 Å². The van der Waals surface area contributed by atoms with Gasteiger partial charge in [-0.25, -0.2) is 9.59 Å². The van der Waals surface area contributed by atoms with Crippen molar-refractivity contribution < 1.29 is 36.8 Å². The number of aryl methyl sites for hydroxylation is 1. The zero-order valence-corrected chi connectivity index (χ0v) is 26.7. The van der Waals surface area contributed by atoms with Crippen LogP contribution >= 0.6 is 0 Å². The topological polar surface area (TPSA) is 119 Å². The highest BCUT2D eigenvalue weighted by molar-refractivity contribution is 5.99. The summed E-state index contributed by atoms with van der Waals surface area (Å²) in [5, 5.41) is 6.51. The van der Waals surface area contributed by atoms with E-state index in [1.807, 2.05) is 0 Å². The lowest BCUT2D eigenvalue weighted by atomic mass is 9.92. The molecule has 1 saturated heterocycles. The number of halogens is 3. The fourth-order valence-electron chi connectivity index (χ4n) is 5.32. The average molecular weight is 634 g/mol. The smallest absolute Gasteiger partial charge is 0.437 e. The first-order chi connectivity index (χ1) is 21.0. The van der Waals surface area contributed by atoms with Gasteiger partial charge in [0.25, 0.3) is 0 Å². The highest BCUT2D eigenvalue weighted by atomic mass is 19.4. The lowest BCUT2D eigenvalue weighted by Gasteiger charge is -2.27. The van der Waals surface area contributed by atoms with Crippen LogP contribution in [0.25, 0.3) is 11.4 Å². The molecule has 2 aliphatic rings. The van der Waals surface area contributed by atoms with Crippen LogP contribution in [0.2, 0.25) is 0 Å². The van der Waals surface area contributed by atoms with E-state index in [1.165, 1.54) is 11.6 Å². The van der Waals surface area contributed by atoms with Crippen molar-refractivity contribution in [3.8, 4) is 11.4 Å². The van der Waals surface area contributed by atoms with E-state index in [2.05, 4.69) is 26.5 Å². The van der Waals surface area contributed by atoms with Gasteiger partial charge in [0.05, 0.1) is 5.56 Å². The SMILES string of the molecule is CC(C)(C)OC(=O)/N=C(\NC(=O)OC(C)(C)C)N1CCC[C@H]1c1nc(-c2ccc(CCC3=CCCCC3)c(C(F)(F)F)c2)no1. The molecule has 2 heterocycles. The van der Waals surface area contributed by atoms with Crippen LogP contribution in [-0.4, -0.2) is 50.9 Å². The molecule has 0 radical (unpaired) electrons. The van der Waals surface area contributed by atoms with Crippen LogP contribution in [0.3, 0.4) is 0 Å². The minimum Gasteiger partial charge on any atom is -0.444 e. The van der Waals surface area contributed by atoms with Gasteiger partial charge in [0.2, 0.25) is 17.7 Å². The highest BCUT2D eigenvalue weighted by Crippen LogP contribution is 2.37. The molecule has 1 aliphatic heterocycles. The second kappa shape index (κ2) is 13.6. The molecular formula is C32H42F3N5O5. The van der Waals surface area contributed by atoms with Gasteiger partial charge in [0.15, 0.2) is 0 Å². The Hall–Kier alpha value is -3.90. The predicted octanol–water partition coefficient (Wildman–Crippen LogP) is 8.14. The predicted molar refractivity (Wildman–Crippen MR) is 161 cm³/mol. The molecule has 4 rings (SSSR count). The van der Waals surface area contributed by atoms with Gasteiger partial charge in [0, 0.05) is 12.1 Å². The minimum absolute atomic E-state index is 0.00498. The molecule has 13 heteroatoms. The summed E-state index contributed by atoms with van der Waals surface area (Å²) in [6.45, 7) is 10.5. The Morgan fingerprint density at radius 3 is 2.42 bits per heavy atom. The molecule has 2 amide bonds. The molecule has 0 saturated carbocycles. The Morgan fingerprint density at radius 2 is 1.78 bits per heavy atom. The molecule has 1 aromatic carbocycles. The lowest BCUT2D eigenvalue weighted by molar-refractivity contribution is -0.138. The molecule has 1 aliphatic carbocycles. The fourth-order valence-corrected chi connectivity index (χ4v) is 5.32. The number of aromatic nitrogens is 2. The Labute approximate surface area is 261 Å². The van der Waals surface area contributed by atoms with E-state index in [0.29, 0.717) is 32.2 Å². The van der Waals surface area contributed by atoms with Gasteiger partial charge in [-0.05, 0) is 105 Å². The quantitative estimate of drug-likeness (QED) is 0.199. The number of alkyl carbamates (subject to hydrolysis) is 1. The minimum atomic E-state index is -4.55. The van der Waals surface area contributed by atoms with Crippen LogP contribution in [0.1, 0.15) is 110 Å². The zero-order chi connectivity index (χ0) is 33.0. The first kappa shape index (κ1) is 34.0. The molecule has 0 spiro atoms. The molecule has 246 valence electrons. The number of alkyl halides is 3. The van der Waals surface area contributed by atoms with Crippen molar-refractivity contribution in [1.29, 1.82) is 0 Å². The first-order valence-electron chi connectivity index (χ1n) is 15.3. The summed E-state index contributed by atoms with van der Waals surface area (Å²) < 4.78 is 58.6. The summed E-state index contributed by atoms with van der Waals surface area (Å²) in [7, 11) is 0. The van der Waals surface area contributed by atoms with Crippen LogP contribution in [-0.2, 0) is 22.1 Å². The maximum Gasteiger partial charge on any atom is 0.437 e. The molecule has 10 nitrogen and oxygen atoms in total. The van der Waals surface area contributed by atoms with Crippen LogP contribution in [0.5, 0.6) is 0 Å². The normalized spacial score (nSPS) is 18.1. The van der Waals surface area contributed by atoms with E-state index in [4.69, 9.17) is 14.0 Å². The number of allylic oxidation sites excluding steroid dienone is 2. The van der Waals surface area contributed by atoms with Crippen LogP contribution < -0.4 is 5.32 Å². The first-order valence-corrected chi connectivity index (χ1v) is 15.3. The van der Waals surface area contributed by atoms with Crippen molar-refractivity contribution in [2.24, 2.45) is 4.99 Å². The number of rotatable bonds is 5. The van der Waals surface area contributed by atoms with Gasteiger partial charge in [0.1, 0.15) is 17.2 Å². The Balaban J connectivity index is 1.59. The third kappa shape index (κ3) is 9.79. The third-order valence-electron chi connectivity index (χ3n) is 7.23. The number of hydrogen-bond donors (Lipinski definition) is 1. The molecular weight excluding hydrogens is 591 g/mol. The highest BCUT2D eigenvalue weighted by Gasteiger charge is 2.37. The third-order valence-corrected chi connectivity index (χ3v) is 7.23. The number of aliphatic imine (C=N–C) groups is 1. The zero-order valence-electron chi connectivity index (χ0n) is 26.7. The number of nitrogens with zero attached hydrogens (tertiary/aromatic N) is 4. The van der Waals surface area contributed by atoms with Gasteiger partial charge in [-0.1, -0.05) is 28.9 Å². The lowest BCUT2D eigenvalue weighted by Crippen LogP contribution is -2.46. The van der Waals surface area contributed by atoms with E-state index in [0.717, 1.165) is 31.7 Å². The number of likely N-dealkylation sites (tertiary alicyclic amines) is 1. The van der Waals surface area contributed by atoms with Gasteiger partial charge >= 0.3 is 18.4 Å². The number of hydrogen-bond acceptors (Lipinski definition) is 7.